The number of fused-ring (bicyclic) bond motifs is 1. The second kappa shape index (κ2) is 6.59. The number of anilines is 1. The van der Waals surface area contributed by atoms with Gasteiger partial charge in [0.1, 0.15) is 0 Å². The molecule has 0 spiro atoms. The molecule has 6 nitrogen and oxygen atoms in total. The fourth-order valence-electron chi connectivity index (χ4n) is 2.13. The van der Waals surface area contributed by atoms with Crippen molar-refractivity contribution in [1.82, 2.24) is 0 Å². The first kappa shape index (κ1) is 16.0. The Labute approximate surface area is 128 Å². The lowest BCUT2D eigenvalue weighted by molar-refractivity contribution is 0.0692. The lowest BCUT2D eigenvalue weighted by Gasteiger charge is -2.01. The summed E-state index contributed by atoms with van der Waals surface area (Å²) < 4.78 is 21.7. The van der Waals surface area contributed by atoms with Gasteiger partial charge >= 0.3 is 5.97 Å². The first-order chi connectivity index (χ1) is 10.4. The Morgan fingerprint density at radius 2 is 1.73 bits per heavy atom. The Balaban J connectivity index is 0.000000170. The minimum absolute atomic E-state index is 0.315. The molecule has 2 aromatic rings. The van der Waals surface area contributed by atoms with E-state index in [0.29, 0.717) is 0 Å². The van der Waals surface area contributed by atoms with Crippen molar-refractivity contribution in [3.63, 3.8) is 0 Å². The number of para-hydroxylation sites is 1. The summed E-state index contributed by atoms with van der Waals surface area (Å²) in [4.78, 5) is 10.2. The molecule has 4 N–H and O–H groups in total. The average molecular weight is 320 g/mol. The third kappa shape index (κ3) is 3.84. The van der Waals surface area contributed by atoms with E-state index in [9.17, 15) is 13.2 Å². The summed E-state index contributed by atoms with van der Waals surface area (Å²) >= 11 is 0. The summed E-state index contributed by atoms with van der Waals surface area (Å²) in [7, 11) is -3.96. The van der Waals surface area contributed by atoms with E-state index in [2.05, 4.69) is 29.6 Å². The average Bonchev–Trinajstić information content (AvgIpc) is 2.95. The number of carboxylic acid groups (broad SMARTS) is 1. The van der Waals surface area contributed by atoms with Crippen LogP contribution in [0.2, 0.25) is 0 Å². The van der Waals surface area contributed by atoms with Crippen LogP contribution >= 0.6 is 0 Å². The van der Waals surface area contributed by atoms with Crippen molar-refractivity contribution in [2.24, 2.45) is 5.14 Å². The molecule has 0 saturated heterocycles. The van der Waals surface area contributed by atoms with Gasteiger partial charge in [0.2, 0.25) is 10.0 Å². The Morgan fingerprint density at radius 3 is 2.32 bits per heavy atom. The summed E-state index contributed by atoms with van der Waals surface area (Å²) in [6.45, 7) is 1.11. The number of aromatic carboxylic acids is 1. The zero-order chi connectivity index (χ0) is 16.2. The number of nitrogens with two attached hydrogens (primary N) is 1. The quantitative estimate of drug-likeness (QED) is 0.780. The SMILES string of the molecule is NS(=O)(=O)c1ccccc1C(=O)O.c1ccc2c(c1)CCN2. The highest BCUT2D eigenvalue weighted by molar-refractivity contribution is 7.89. The van der Waals surface area contributed by atoms with Gasteiger partial charge < -0.3 is 10.4 Å². The van der Waals surface area contributed by atoms with Crippen LogP contribution in [-0.4, -0.2) is 26.0 Å². The zero-order valence-corrected chi connectivity index (χ0v) is 12.5. The predicted molar refractivity (Wildman–Crippen MR) is 83.4 cm³/mol. The molecule has 2 aromatic carbocycles. The van der Waals surface area contributed by atoms with Crippen LogP contribution in [0.25, 0.3) is 0 Å². The van der Waals surface area contributed by atoms with Crippen LogP contribution in [0.4, 0.5) is 5.69 Å². The number of hydrogen-bond acceptors (Lipinski definition) is 4. The first-order valence-corrected chi connectivity index (χ1v) is 8.11. The lowest BCUT2D eigenvalue weighted by Crippen LogP contribution is -2.16. The summed E-state index contributed by atoms with van der Waals surface area (Å²) in [5.41, 5.74) is 2.46. The van der Waals surface area contributed by atoms with E-state index in [-0.39, 0.29) is 10.5 Å². The van der Waals surface area contributed by atoms with Crippen molar-refractivity contribution in [1.29, 1.82) is 0 Å². The second-order valence-electron chi connectivity index (χ2n) is 4.68. The van der Waals surface area contributed by atoms with Crippen molar-refractivity contribution >= 4 is 21.7 Å². The van der Waals surface area contributed by atoms with Crippen LogP contribution in [0.3, 0.4) is 0 Å². The fraction of sp³-hybridized carbons (Fsp3) is 0.133. The van der Waals surface area contributed by atoms with Crippen LogP contribution in [0.5, 0.6) is 0 Å². The molecule has 1 aliphatic rings. The lowest BCUT2D eigenvalue weighted by atomic mass is 10.2. The van der Waals surface area contributed by atoms with Crippen molar-refractivity contribution in [2.45, 2.75) is 11.3 Å². The van der Waals surface area contributed by atoms with E-state index in [1.807, 2.05) is 0 Å². The number of carbonyl (C=O) groups is 1. The van der Waals surface area contributed by atoms with Crippen LogP contribution in [0.1, 0.15) is 15.9 Å². The number of primary sulfonamides is 1. The van der Waals surface area contributed by atoms with Gasteiger partial charge in [0, 0.05) is 12.2 Å². The predicted octanol–water partition coefficient (Wildman–Crippen LogP) is 1.69. The highest BCUT2D eigenvalue weighted by Gasteiger charge is 2.17. The Hall–Kier alpha value is -2.38. The molecule has 1 aliphatic heterocycles. The number of nitrogens with one attached hydrogen (secondary N) is 1. The molecule has 3 rings (SSSR count). The van der Waals surface area contributed by atoms with Crippen molar-refractivity contribution in [2.75, 3.05) is 11.9 Å². The molecule has 0 saturated carbocycles. The van der Waals surface area contributed by atoms with E-state index in [0.717, 1.165) is 12.6 Å². The number of rotatable bonds is 2. The minimum Gasteiger partial charge on any atom is -0.478 e. The second-order valence-corrected chi connectivity index (χ2v) is 6.21. The largest absolute Gasteiger partial charge is 0.478 e. The molecule has 116 valence electrons. The van der Waals surface area contributed by atoms with Crippen LogP contribution in [0, 0.1) is 0 Å². The van der Waals surface area contributed by atoms with Gasteiger partial charge in [-0.1, -0.05) is 30.3 Å². The van der Waals surface area contributed by atoms with E-state index < -0.39 is 16.0 Å². The van der Waals surface area contributed by atoms with Gasteiger partial charge in [-0.25, -0.2) is 18.4 Å². The molecular weight excluding hydrogens is 304 g/mol. The van der Waals surface area contributed by atoms with Crippen LogP contribution < -0.4 is 10.5 Å². The summed E-state index contributed by atoms with van der Waals surface area (Å²) in [6, 6.07) is 13.6. The third-order valence-electron chi connectivity index (χ3n) is 3.15. The molecule has 7 heteroatoms. The highest BCUT2D eigenvalue weighted by Crippen LogP contribution is 2.20. The molecule has 0 atom stereocenters. The number of sulfonamides is 1. The van der Waals surface area contributed by atoms with E-state index in [4.69, 9.17) is 10.2 Å². The maximum absolute atomic E-state index is 10.9. The molecule has 0 unspecified atom stereocenters. The molecule has 22 heavy (non-hydrogen) atoms. The van der Waals surface area contributed by atoms with Crippen LogP contribution in [-0.2, 0) is 16.4 Å². The van der Waals surface area contributed by atoms with Crippen molar-refractivity contribution in [3.05, 3.63) is 59.7 Å². The monoisotopic (exact) mass is 320 g/mol. The smallest absolute Gasteiger partial charge is 0.337 e. The fourth-order valence-corrected chi connectivity index (χ4v) is 2.86. The Kier molecular flexibility index (Phi) is 4.79. The number of carboxylic acids is 1. The van der Waals surface area contributed by atoms with Gasteiger partial charge in [-0.05, 0) is 30.2 Å². The Morgan fingerprint density at radius 1 is 1.09 bits per heavy atom. The molecule has 0 amide bonds. The molecule has 0 fully saturated rings. The van der Waals surface area contributed by atoms with E-state index in [1.54, 1.807) is 0 Å². The third-order valence-corrected chi connectivity index (χ3v) is 4.12. The maximum atomic E-state index is 10.9. The molecule has 1 heterocycles. The molecule has 0 aliphatic carbocycles. The van der Waals surface area contributed by atoms with Gasteiger partial charge in [-0.3, -0.25) is 0 Å². The normalized spacial score (nSPS) is 12.6. The molecular formula is C15H16N2O4S. The van der Waals surface area contributed by atoms with Crippen LogP contribution in [0.15, 0.2) is 53.4 Å². The number of hydrogen-bond donors (Lipinski definition) is 3. The van der Waals surface area contributed by atoms with Gasteiger partial charge in [0.15, 0.2) is 0 Å². The van der Waals surface area contributed by atoms with Gasteiger partial charge in [-0.15, -0.1) is 0 Å². The van der Waals surface area contributed by atoms with Gasteiger partial charge in [0.05, 0.1) is 10.5 Å². The molecule has 0 radical (unpaired) electrons. The Bertz CT molecular complexity index is 765. The van der Waals surface area contributed by atoms with Gasteiger partial charge in [-0.2, -0.15) is 0 Å². The summed E-state index contributed by atoms with van der Waals surface area (Å²) in [5, 5.41) is 16.7. The maximum Gasteiger partial charge on any atom is 0.337 e. The standard InChI is InChI=1S/C8H9N.C7H7NO4S/c1-2-4-8-7(3-1)5-6-9-8;8-13(11,12)6-4-2-1-3-5(6)7(9)10/h1-4,9H,5-6H2;1-4H,(H,9,10)(H2,8,11,12). The van der Waals surface area contributed by atoms with Gasteiger partial charge in [0.25, 0.3) is 0 Å². The molecule has 0 aromatic heterocycles. The van der Waals surface area contributed by atoms with E-state index in [1.165, 1.54) is 35.9 Å². The van der Waals surface area contributed by atoms with Crippen molar-refractivity contribution in [3.8, 4) is 0 Å². The summed E-state index contributed by atoms with van der Waals surface area (Å²) in [6.07, 6.45) is 1.19. The minimum atomic E-state index is -3.96. The first-order valence-electron chi connectivity index (χ1n) is 6.56. The highest BCUT2D eigenvalue weighted by atomic mass is 32.2. The summed E-state index contributed by atoms with van der Waals surface area (Å²) in [5.74, 6) is -1.32. The molecule has 0 bridgehead atoms. The van der Waals surface area contributed by atoms with Crippen molar-refractivity contribution < 1.29 is 18.3 Å². The number of benzene rings is 2. The van der Waals surface area contributed by atoms with E-state index >= 15 is 0 Å². The zero-order valence-electron chi connectivity index (χ0n) is 11.7. The topological polar surface area (TPSA) is 109 Å².